The molecule has 3 aliphatic heterocycles. The van der Waals surface area contributed by atoms with E-state index in [4.69, 9.17) is 21.3 Å². The summed E-state index contributed by atoms with van der Waals surface area (Å²) in [6.07, 6.45) is 3.35. The molecule has 2 amide bonds. The van der Waals surface area contributed by atoms with Gasteiger partial charge in [0.2, 0.25) is 17.7 Å². The number of piperazine rings is 1. The molecule has 0 unspecified atom stereocenters. The number of fused-ring (bicyclic) bond motifs is 1. The van der Waals surface area contributed by atoms with Gasteiger partial charge in [-0.3, -0.25) is 19.4 Å². The number of rotatable bonds is 8. The number of likely N-dealkylation sites (N-methyl/N-ethyl adjacent to an activating group) is 1. The number of aromatic nitrogens is 3. The molecule has 3 N–H and O–H groups in total. The lowest BCUT2D eigenvalue weighted by Gasteiger charge is -2.29. The normalized spacial score (nSPS) is 19.5. The van der Waals surface area contributed by atoms with Crippen LogP contribution < -0.4 is 15.5 Å². The van der Waals surface area contributed by atoms with E-state index in [1.807, 2.05) is 43.3 Å². The van der Waals surface area contributed by atoms with Crippen LogP contribution in [0.4, 0.5) is 11.8 Å². The third kappa shape index (κ3) is 6.56. The lowest BCUT2D eigenvalue weighted by atomic mass is 10.0. The van der Waals surface area contributed by atoms with Crippen LogP contribution in [0.3, 0.4) is 0 Å². The number of quaternary nitrogens is 1. The Balaban J connectivity index is 1.12. The molecule has 2 aromatic heterocycles. The van der Waals surface area contributed by atoms with Crippen molar-refractivity contribution in [1.82, 2.24) is 30.1 Å². The zero-order valence-corrected chi connectivity index (χ0v) is 26.2. The monoisotopic (exact) mass is 619 g/mol. The maximum Gasteiger partial charge on any atom is 0.255 e. The van der Waals surface area contributed by atoms with Gasteiger partial charge in [0.1, 0.15) is 6.04 Å². The first-order chi connectivity index (χ1) is 21.3. The van der Waals surface area contributed by atoms with E-state index in [0.717, 1.165) is 61.7 Å². The van der Waals surface area contributed by atoms with Gasteiger partial charge in [-0.05, 0) is 51.4 Å². The quantitative estimate of drug-likeness (QED) is 0.352. The fourth-order valence-electron chi connectivity index (χ4n) is 6.03. The van der Waals surface area contributed by atoms with Gasteiger partial charge in [-0.15, -0.1) is 0 Å². The largest absolute Gasteiger partial charge is 0.381 e. The molecule has 2 atom stereocenters. The summed E-state index contributed by atoms with van der Waals surface area (Å²) < 4.78 is 5.44. The molecule has 44 heavy (non-hydrogen) atoms. The van der Waals surface area contributed by atoms with Crippen LogP contribution in [0.5, 0.6) is 0 Å². The molecule has 6 rings (SSSR count). The van der Waals surface area contributed by atoms with Gasteiger partial charge in [-0.25, -0.2) is 9.97 Å². The average Bonchev–Trinajstić information content (AvgIpc) is 3.37. The van der Waals surface area contributed by atoms with Crippen LogP contribution in [0.1, 0.15) is 54.3 Å². The Hall–Kier alpha value is -3.64. The Morgan fingerprint density at radius 3 is 2.66 bits per heavy atom. The lowest BCUT2D eigenvalue weighted by molar-refractivity contribution is -0.840. The number of benzene rings is 1. The molecule has 3 aliphatic rings. The third-order valence-electron chi connectivity index (χ3n) is 8.89. The van der Waals surface area contributed by atoms with Crippen LogP contribution in [0.15, 0.2) is 42.6 Å². The summed E-state index contributed by atoms with van der Waals surface area (Å²) >= 11 is 6.51. The van der Waals surface area contributed by atoms with Crippen molar-refractivity contribution in [3.05, 3.63) is 64.4 Å². The number of nitrogens with one attached hydrogen (secondary N) is 3. The predicted octanol–water partition coefficient (Wildman–Crippen LogP) is 2.47. The van der Waals surface area contributed by atoms with Crippen LogP contribution >= 0.6 is 11.6 Å². The molecule has 5 heterocycles. The number of hydrogen-bond donors (Lipinski definition) is 3. The molecule has 11 nitrogen and oxygen atoms in total. The molecule has 2 fully saturated rings. The van der Waals surface area contributed by atoms with Crippen molar-refractivity contribution < 1.29 is 19.2 Å². The minimum absolute atomic E-state index is 0.193. The summed E-state index contributed by atoms with van der Waals surface area (Å²) in [4.78, 5) is 46.1. The Bertz CT molecular complexity index is 1520. The first-order valence-electron chi connectivity index (χ1n) is 15.4. The summed E-state index contributed by atoms with van der Waals surface area (Å²) in [7, 11) is 2.14. The van der Waals surface area contributed by atoms with Crippen LogP contribution in [-0.4, -0.2) is 95.1 Å². The second kappa shape index (κ2) is 13.2. The first kappa shape index (κ1) is 30.4. The zero-order chi connectivity index (χ0) is 30.8. The van der Waals surface area contributed by atoms with E-state index >= 15 is 0 Å². The fraction of sp³-hybridized carbons (Fsp3) is 0.469. The van der Waals surface area contributed by atoms with E-state index in [0.29, 0.717) is 42.0 Å². The van der Waals surface area contributed by atoms with Gasteiger partial charge in [-0.1, -0.05) is 29.8 Å². The summed E-state index contributed by atoms with van der Waals surface area (Å²) in [5, 5.41) is 6.86. The number of carbonyl (C=O) groups excluding carboxylic acids is 2. The lowest BCUT2D eigenvalue weighted by Crippen LogP contribution is -3.10. The topological polar surface area (TPSA) is 117 Å². The molecule has 12 heteroatoms. The fourth-order valence-corrected chi connectivity index (χ4v) is 6.23. The molecule has 2 saturated heterocycles. The van der Waals surface area contributed by atoms with Crippen molar-refractivity contribution in [2.75, 3.05) is 51.8 Å². The van der Waals surface area contributed by atoms with Crippen LogP contribution in [0, 0.1) is 0 Å². The van der Waals surface area contributed by atoms with Gasteiger partial charge < -0.3 is 20.3 Å². The van der Waals surface area contributed by atoms with E-state index < -0.39 is 6.04 Å². The first-order valence-corrected chi connectivity index (χ1v) is 15.8. The van der Waals surface area contributed by atoms with Crippen LogP contribution in [-0.2, 0) is 16.1 Å². The Morgan fingerprint density at radius 1 is 1.11 bits per heavy atom. The SMILES string of the molecule is C[C@H](C(=O)N[C@H](C)c1cccc([NH+]2CCN(C)CC2)n1)N1Cc2ccc(-c3nc(NC4CCOCC4)ncc3Cl)cc2C1=O. The van der Waals surface area contributed by atoms with Gasteiger partial charge in [-0.2, -0.15) is 4.98 Å². The van der Waals surface area contributed by atoms with Gasteiger partial charge in [0.05, 0.1) is 41.7 Å². The molecule has 232 valence electrons. The highest BCUT2D eigenvalue weighted by atomic mass is 35.5. The van der Waals surface area contributed by atoms with Crippen molar-refractivity contribution in [1.29, 1.82) is 0 Å². The summed E-state index contributed by atoms with van der Waals surface area (Å²) in [5.41, 5.74) is 3.50. The van der Waals surface area contributed by atoms with Crippen molar-refractivity contribution >= 4 is 35.2 Å². The van der Waals surface area contributed by atoms with Crippen molar-refractivity contribution in [3.63, 3.8) is 0 Å². The number of hydrogen-bond acceptors (Lipinski definition) is 8. The molecule has 3 aromatic rings. The van der Waals surface area contributed by atoms with Crippen LogP contribution in [0.25, 0.3) is 11.3 Å². The standard InChI is InChI=1S/C32H39ClN8O3/c1-20(27-5-4-6-28(37-27)40-13-11-39(3)12-14-40)35-30(42)21(2)41-19-23-8-7-22(17-25(23)31(41)43)29-26(33)18-34-32(38-29)36-24-9-15-44-16-10-24/h4-8,17-18,20-21,24H,9-16,19H2,1-3H3,(H,35,42)(H,34,36,38)/p+1/t20-,21-/m1/s1. The molecule has 0 bridgehead atoms. The molecule has 1 aromatic carbocycles. The number of anilines is 1. The van der Waals surface area contributed by atoms with E-state index in [1.54, 1.807) is 18.0 Å². The minimum atomic E-state index is -0.662. The summed E-state index contributed by atoms with van der Waals surface area (Å²) in [6, 6.07) is 10.9. The smallest absolute Gasteiger partial charge is 0.255 e. The third-order valence-corrected chi connectivity index (χ3v) is 9.16. The number of amides is 2. The Morgan fingerprint density at radius 2 is 1.89 bits per heavy atom. The van der Waals surface area contributed by atoms with E-state index in [9.17, 15) is 9.59 Å². The van der Waals surface area contributed by atoms with E-state index in [2.05, 4.69) is 32.5 Å². The Kier molecular flexibility index (Phi) is 9.08. The zero-order valence-electron chi connectivity index (χ0n) is 25.5. The second-order valence-electron chi connectivity index (χ2n) is 12.0. The maximum atomic E-state index is 13.6. The molecule has 0 radical (unpaired) electrons. The van der Waals surface area contributed by atoms with Gasteiger partial charge in [0.25, 0.3) is 5.91 Å². The number of carbonyl (C=O) groups is 2. The minimum Gasteiger partial charge on any atom is -0.381 e. The number of pyridine rings is 1. The molecular formula is C32H40ClN8O3+. The highest BCUT2D eigenvalue weighted by Crippen LogP contribution is 2.32. The van der Waals surface area contributed by atoms with Crippen molar-refractivity contribution in [3.8, 4) is 11.3 Å². The number of nitrogens with zero attached hydrogens (tertiary/aromatic N) is 5. The van der Waals surface area contributed by atoms with Crippen molar-refractivity contribution in [2.24, 2.45) is 0 Å². The second-order valence-corrected chi connectivity index (χ2v) is 12.4. The highest BCUT2D eigenvalue weighted by Gasteiger charge is 2.35. The van der Waals surface area contributed by atoms with E-state index in [-0.39, 0.29) is 23.9 Å². The molecule has 0 spiro atoms. The molecule has 0 aliphatic carbocycles. The van der Waals surface area contributed by atoms with Gasteiger partial charge in [0.15, 0.2) is 0 Å². The summed E-state index contributed by atoms with van der Waals surface area (Å²) in [6.45, 7) is 9.52. The van der Waals surface area contributed by atoms with Gasteiger partial charge in [0, 0.05) is 56.1 Å². The highest BCUT2D eigenvalue weighted by molar-refractivity contribution is 6.33. The van der Waals surface area contributed by atoms with E-state index in [1.165, 1.54) is 4.90 Å². The Labute approximate surface area is 263 Å². The summed E-state index contributed by atoms with van der Waals surface area (Å²) in [5.74, 6) is 1.08. The molecular weight excluding hydrogens is 580 g/mol. The molecule has 0 saturated carbocycles. The average molecular weight is 620 g/mol. The number of halogens is 1. The van der Waals surface area contributed by atoms with Gasteiger partial charge >= 0.3 is 0 Å². The van der Waals surface area contributed by atoms with Crippen molar-refractivity contribution in [2.45, 2.75) is 51.4 Å². The maximum absolute atomic E-state index is 13.6. The van der Waals surface area contributed by atoms with Crippen LogP contribution in [0.2, 0.25) is 5.02 Å². The number of ether oxygens (including phenoxy) is 1. The predicted molar refractivity (Wildman–Crippen MR) is 168 cm³/mol.